The van der Waals surface area contributed by atoms with Gasteiger partial charge in [-0.3, -0.25) is 5.10 Å². The molecule has 1 atom stereocenters. The van der Waals surface area contributed by atoms with Gasteiger partial charge in [-0.1, -0.05) is 12.1 Å². The largest absolute Gasteiger partial charge is 0.378 e. The Kier molecular flexibility index (Phi) is 3.56. The fourth-order valence-corrected chi connectivity index (χ4v) is 3.24. The molecule has 2 N–H and O–H groups in total. The van der Waals surface area contributed by atoms with E-state index in [1.807, 2.05) is 6.07 Å². The van der Waals surface area contributed by atoms with E-state index in [4.69, 9.17) is 0 Å². The van der Waals surface area contributed by atoms with Crippen molar-refractivity contribution in [3.05, 3.63) is 58.4 Å². The first-order valence-electron chi connectivity index (χ1n) is 6.64. The van der Waals surface area contributed by atoms with E-state index in [-0.39, 0.29) is 0 Å². The fourth-order valence-electron chi connectivity index (χ4n) is 2.31. The third-order valence-electron chi connectivity index (χ3n) is 3.37. The van der Waals surface area contributed by atoms with E-state index in [0.29, 0.717) is 6.04 Å². The molecule has 0 aliphatic carbocycles. The van der Waals surface area contributed by atoms with Gasteiger partial charge in [-0.05, 0) is 54.6 Å². The first-order chi connectivity index (χ1) is 9.74. The Bertz CT molecular complexity index is 668. The van der Waals surface area contributed by atoms with E-state index in [9.17, 15) is 0 Å². The van der Waals surface area contributed by atoms with Crippen LogP contribution in [-0.4, -0.2) is 10.2 Å². The minimum Gasteiger partial charge on any atom is -0.378 e. The molecule has 1 unspecified atom stereocenters. The van der Waals surface area contributed by atoms with Crippen molar-refractivity contribution in [2.24, 2.45) is 0 Å². The average molecular weight is 283 g/mol. The zero-order valence-electron chi connectivity index (χ0n) is 11.6. The molecule has 0 bridgehead atoms. The number of aromatic nitrogens is 2. The molecule has 2 aromatic heterocycles. The first-order valence-corrected chi connectivity index (χ1v) is 7.52. The smallest absolute Gasteiger partial charge is 0.0650 e. The van der Waals surface area contributed by atoms with Gasteiger partial charge in [-0.2, -0.15) is 5.10 Å². The summed E-state index contributed by atoms with van der Waals surface area (Å²) in [5.41, 5.74) is 4.67. The van der Waals surface area contributed by atoms with Crippen molar-refractivity contribution in [3.63, 3.8) is 0 Å². The highest BCUT2D eigenvalue weighted by atomic mass is 32.1. The summed E-state index contributed by atoms with van der Waals surface area (Å²) >= 11 is 1.80. The van der Waals surface area contributed by atoms with Crippen LogP contribution in [0.3, 0.4) is 0 Å². The molecule has 1 aromatic carbocycles. The summed E-state index contributed by atoms with van der Waals surface area (Å²) in [6, 6.07) is 12.9. The summed E-state index contributed by atoms with van der Waals surface area (Å²) in [7, 11) is 0. The summed E-state index contributed by atoms with van der Waals surface area (Å²) in [6.45, 7) is 4.35. The van der Waals surface area contributed by atoms with Crippen molar-refractivity contribution in [2.45, 2.75) is 19.9 Å². The number of hydrogen-bond acceptors (Lipinski definition) is 3. The zero-order chi connectivity index (χ0) is 13.9. The maximum Gasteiger partial charge on any atom is 0.0650 e. The summed E-state index contributed by atoms with van der Waals surface area (Å²) in [4.78, 5) is 1.39. The van der Waals surface area contributed by atoms with Crippen LogP contribution < -0.4 is 5.32 Å². The number of thiophene rings is 1. The second-order valence-electron chi connectivity index (χ2n) is 4.88. The number of nitrogens with one attached hydrogen (secondary N) is 2. The first kappa shape index (κ1) is 12.9. The predicted molar refractivity (Wildman–Crippen MR) is 85.1 cm³/mol. The van der Waals surface area contributed by atoms with Crippen LogP contribution in [0, 0.1) is 6.92 Å². The minimum atomic E-state index is 0.327. The lowest BCUT2D eigenvalue weighted by atomic mass is 10.1. The molecular formula is C16H17N3S. The van der Waals surface area contributed by atoms with Gasteiger partial charge < -0.3 is 5.32 Å². The molecule has 0 aliphatic rings. The standard InChI is InChI=1S/C16H17N3S/c1-11-8-10-20-16(11)12(2)18-14-5-3-13(4-6-14)15-7-9-17-19-15/h3-10,12,18H,1-2H3,(H,17,19). The van der Waals surface area contributed by atoms with Crippen molar-refractivity contribution in [1.29, 1.82) is 0 Å². The van der Waals surface area contributed by atoms with Crippen LogP contribution in [0.4, 0.5) is 5.69 Å². The number of benzene rings is 1. The molecule has 3 rings (SSSR count). The summed E-state index contributed by atoms with van der Waals surface area (Å²) in [5, 5.41) is 12.6. The molecule has 20 heavy (non-hydrogen) atoms. The number of anilines is 1. The Labute approximate surface area is 122 Å². The SMILES string of the molecule is Cc1ccsc1C(C)Nc1ccc(-c2ccn[nH]2)cc1. The number of nitrogens with zero attached hydrogens (tertiary/aromatic N) is 1. The third-order valence-corrected chi connectivity index (χ3v) is 4.58. The molecule has 3 nitrogen and oxygen atoms in total. The van der Waals surface area contributed by atoms with E-state index in [0.717, 1.165) is 16.9 Å². The Morgan fingerprint density at radius 3 is 2.55 bits per heavy atom. The van der Waals surface area contributed by atoms with Crippen LogP contribution in [0.15, 0.2) is 48.0 Å². The summed E-state index contributed by atoms with van der Waals surface area (Å²) in [6.07, 6.45) is 1.77. The number of aromatic amines is 1. The van der Waals surface area contributed by atoms with Crippen LogP contribution in [0.1, 0.15) is 23.4 Å². The van der Waals surface area contributed by atoms with Gasteiger partial charge in [-0.25, -0.2) is 0 Å². The van der Waals surface area contributed by atoms with Crippen LogP contribution in [0.25, 0.3) is 11.3 Å². The third kappa shape index (κ3) is 2.60. The summed E-state index contributed by atoms with van der Waals surface area (Å²) in [5.74, 6) is 0. The summed E-state index contributed by atoms with van der Waals surface area (Å²) < 4.78 is 0. The Balaban J connectivity index is 1.74. The maximum absolute atomic E-state index is 3.97. The highest BCUT2D eigenvalue weighted by molar-refractivity contribution is 7.10. The lowest BCUT2D eigenvalue weighted by molar-refractivity contribution is 0.899. The molecule has 0 saturated heterocycles. The van der Waals surface area contributed by atoms with E-state index < -0.39 is 0 Å². The topological polar surface area (TPSA) is 40.7 Å². The molecular weight excluding hydrogens is 266 g/mol. The molecule has 0 saturated carbocycles. The molecule has 0 spiro atoms. The van der Waals surface area contributed by atoms with E-state index in [1.165, 1.54) is 10.4 Å². The van der Waals surface area contributed by atoms with E-state index >= 15 is 0 Å². The second kappa shape index (κ2) is 5.51. The number of rotatable bonds is 4. The Morgan fingerprint density at radius 2 is 1.95 bits per heavy atom. The molecule has 2 heterocycles. The number of H-pyrrole nitrogens is 1. The number of hydrogen-bond donors (Lipinski definition) is 2. The van der Waals surface area contributed by atoms with Crippen LogP contribution in [0.2, 0.25) is 0 Å². The predicted octanol–water partition coefficient (Wildman–Crippen LogP) is 4.62. The molecule has 0 aliphatic heterocycles. The molecule has 102 valence electrons. The van der Waals surface area contributed by atoms with Gasteiger partial charge in [0, 0.05) is 16.8 Å². The Morgan fingerprint density at radius 1 is 1.15 bits per heavy atom. The van der Waals surface area contributed by atoms with Gasteiger partial charge in [0.25, 0.3) is 0 Å². The zero-order valence-corrected chi connectivity index (χ0v) is 12.4. The van der Waals surface area contributed by atoms with Gasteiger partial charge >= 0.3 is 0 Å². The van der Waals surface area contributed by atoms with Crippen molar-refractivity contribution >= 4 is 17.0 Å². The van der Waals surface area contributed by atoms with Crippen LogP contribution in [-0.2, 0) is 0 Å². The maximum atomic E-state index is 3.97. The monoisotopic (exact) mass is 283 g/mol. The van der Waals surface area contributed by atoms with Gasteiger partial charge in [0.2, 0.25) is 0 Å². The van der Waals surface area contributed by atoms with Crippen LogP contribution in [0.5, 0.6) is 0 Å². The molecule has 0 fully saturated rings. The van der Waals surface area contributed by atoms with Crippen molar-refractivity contribution in [2.75, 3.05) is 5.32 Å². The van der Waals surface area contributed by atoms with Gasteiger partial charge in [0.05, 0.1) is 11.7 Å². The van der Waals surface area contributed by atoms with Gasteiger partial charge in [0.1, 0.15) is 0 Å². The lowest BCUT2D eigenvalue weighted by Gasteiger charge is -2.15. The molecule has 4 heteroatoms. The van der Waals surface area contributed by atoms with Crippen molar-refractivity contribution in [1.82, 2.24) is 10.2 Å². The molecule has 3 aromatic rings. The second-order valence-corrected chi connectivity index (χ2v) is 5.83. The Hall–Kier alpha value is -2.07. The quantitative estimate of drug-likeness (QED) is 0.733. The fraction of sp³-hybridized carbons (Fsp3) is 0.188. The van der Waals surface area contributed by atoms with Gasteiger partial charge in [0.15, 0.2) is 0 Å². The average Bonchev–Trinajstić information content (AvgIpc) is 3.10. The van der Waals surface area contributed by atoms with Crippen molar-refractivity contribution in [3.8, 4) is 11.3 Å². The molecule has 0 radical (unpaired) electrons. The highest BCUT2D eigenvalue weighted by Gasteiger charge is 2.09. The van der Waals surface area contributed by atoms with E-state index in [1.54, 1.807) is 17.5 Å². The van der Waals surface area contributed by atoms with E-state index in [2.05, 4.69) is 65.1 Å². The van der Waals surface area contributed by atoms with Crippen molar-refractivity contribution < 1.29 is 0 Å². The van der Waals surface area contributed by atoms with Crippen LogP contribution >= 0.6 is 11.3 Å². The van der Waals surface area contributed by atoms with Gasteiger partial charge in [-0.15, -0.1) is 11.3 Å². The normalized spacial score (nSPS) is 12.3. The molecule has 0 amide bonds. The lowest BCUT2D eigenvalue weighted by Crippen LogP contribution is -2.05. The number of aryl methyl sites for hydroxylation is 1. The highest BCUT2D eigenvalue weighted by Crippen LogP contribution is 2.27. The minimum absolute atomic E-state index is 0.327.